The van der Waals surface area contributed by atoms with Crippen molar-refractivity contribution in [1.82, 2.24) is 0 Å². The molecule has 1 aliphatic heterocycles. The van der Waals surface area contributed by atoms with Gasteiger partial charge in [-0.2, -0.15) is 0 Å². The lowest BCUT2D eigenvalue weighted by molar-refractivity contribution is -0.231. The molecule has 0 aromatic heterocycles. The van der Waals surface area contributed by atoms with E-state index in [4.69, 9.17) is 4.74 Å². The first kappa shape index (κ1) is 21.4. The summed E-state index contributed by atoms with van der Waals surface area (Å²) < 4.78 is 5.70. The minimum absolute atomic E-state index is 0.446. The van der Waals surface area contributed by atoms with Gasteiger partial charge in [0.25, 0.3) is 0 Å². The Kier molecular flexibility index (Phi) is 5.99. The Bertz CT molecular complexity index is 874. The summed E-state index contributed by atoms with van der Waals surface area (Å²) in [5.41, 5.74) is 4.23. The quantitative estimate of drug-likeness (QED) is 0.507. The van der Waals surface area contributed by atoms with E-state index in [1.165, 1.54) is 0 Å². The lowest BCUT2D eigenvalue weighted by Gasteiger charge is -2.40. The molecule has 162 valence electrons. The van der Waals surface area contributed by atoms with Gasteiger partial charge in [0.1, 0.15) is 30.5 Å². The van der Waals surface area contributed by atoms with Crippen LogP contribution in [-0.2, 0) is 16.8 Å². The lowest BCUT2D eigenvalue weighted by Crippen LogP contribution is -2.55. The zero-order valence-corrected chi connectivity index (χ0v) is 17.1. The molecule has 0 spiro atoms. The summed E-state index contributed by atoms with van der Waals surface area (Å²) >= 11 is 0. The fourth-order valence-electron chi connectivity index (χ4n) is 4.39. The van der Waals surface area contributed by atoms with Crippen LogP contribution in [0.15, 0.2) is 42.5 Å². The zero-order chi connectivity index (χ0) is 21.5. The van der Waals surface area contributed by atoms with Crippen molar-refractivity contribution in [2.24, 2.45) is 0 Å². The lowest BCUT2D eigenvalue weighted by atomic mass is 9.75. The van der Waals surface area contributed by atoms with Crippen molar-refractivity contribution in [3.05, 3.63) is 70.3 Å². The van der Waals surface area contributed by atoms with Crippen LogP contribution in [0.25, 0.3) is 0 Å². The molecule has 6 nitrogen and oxygen atoms in total. The maximum absolute atomic E-state index is 10.5. The van der Waals surface area contributed by atoms with Crippen molar-refractivity contribution < 1.29 is 30.3 Å². The van der Waals surface area contributed by atoms with Gasteiger partial charge in [0.15, 0.2) is 0 Å². The third-order valence-corrected chi connectivity index (χ3v) is 6.66. The van der Waals surface area contributed by atoms with E-state index >= 15 is 0 Å². The summed E-state index contributed by atoms with van der Waals surface area (Å²) in [5.74, 6) is 0. The molecule has 2 fully saturated rings. The van der Waals surface area contributed by atoms with E-state index in [2.05, 4.69) is 0 Å². The average molecular weight is 414 g/mol. The molecule has 2 aromatic carbocycles. The highest BCUT2D eigenvalue weighted by molar-refractivity contribution is 5.38. The van der Waals surface area contributed by atoms with Crippen molar-refractivity contribution in [3.8, 4) is 0 Å². The molecule has 5 N–H and O–H groups in total. The zero-order valence-electron chi connectivity index (χ0n) is 17.1. The van der Waals surface area contributed by atoms with Gasteiger partial charge in [-0.05, 0) is 60.4 Å². The highest BCUT2D eigenvalue weighted by Gasteiger charge is 2.44. The molecule has 2 aromatic rings. The highest BCUT2D eigenvalue weighted by Crippen LogP contribution is 2.41. The number of hydrogen-bond donors (Lipinski definition) is 5. The molecule has 30 heavy (non-hydrogen) atoms. The van der Waals surface area contributed by atoms with Gasteiger partial charge in [0.05, 0.1) is 12.2 Å². The molecule has 4 rings (SSSR count). The molecule has 0 bridgehead atoms. The van der Waals surface area contributed by atoms with Crippen LogP contribution in [0.5, 0.6) is 0 Å². The monoisotopic (exact) mass is 414 g/mol. The van der Waals surface area contributed by atoms with Gasteiger partial charge in [0.2, 0.25) is 0 Å². The largest absolute Gasteiger partial charge is 0.394 e. The van der Waals surface area contributed by atoms with Crippen molar-refractivity contribution >= 4 is 0 Å². The van der Waals surface area contributed by atoms with Crippen LogP contribution < -0.4 is 0 Å². The number of rotatable bonds is 5. The van der Waals surface area contributed by atoms with Crippen LogP contribution >= 0.6 is 0 Å². The summed E-state index contributed by atoms with van der Waals surface area (Å²) in [6.07, 6.45) is -2.46. The first-order chi connectivity index (χ1) is 14.3. The predicted molar refractivity (Wildman–Crippen MR) is 111 cm³/mol. The van der Waals surface area contributed by atoms with Gasteiger partial charge >= 0.3 is 0 Å². The Morgan fingerprint density at radius 3 is 2.27 bits per heavy atom. The van der Waals surface area contributed by atoms with Crippen LogP contribution in [0.2, 0.25) is 0 Å². The Labute approximate surface area is 176 Å². The summed E-state index contributed by atoms with van der Waals surface area (Å²) in [7, 11) is 0. The molecule has 0 radical (unpaired) electrons. The molecular formula is C24H30O6. The van der Waals surface area contributed by atoms with Gasteiger partial charge in [-0.3, -0.25) is 0 Å². The average Bonchev–Trinajstić information content (AvgIpc) is 2.73. The van der Waals surface area contributed by atoms with Gasteiger partial charge in [0, 0.05) is 0 Å². The second-order valence-electron chi connectivity index (χ2n) is 8.69. The highest BCUT2D eigenvalue weighted by atomic mass is 16.5. The van der Waals surface area contributed by atoms with Crippen LogP contribution in [0, 0.1) is 6.92 Å². The summed E-state index contributed by atoms with van der Waals surface area (Å²) in [4.78, 5) is 0. The van der Waals surface area contributed by atoms with Crippen LogP contribution in [-0.4, -0.2) is 56.6 Å². The third kappa shape index (κ3) is 3.91. The SMILES string of the molecule is Cc1ccc([C@@H]2O[C@H](CO)[C@@H](O)[C@H](O)[C@H]2O)cc1Cc1ccc(C2(O)CCC2)cc1. The number of aliphatic hydroxyl groups excluding tert-OH is 4. The molecule has 1 aliphatic carbocycles. The number of hydrogen-bond acceptors (Lipinski definition) is 6. The number of benzene rings is 2. The molecule has 0 amide bonds. The molecule has 2 aliphatic rings. The van der Waals surface area contributed by atoms with E-state index in [1.807, 2.05) is 49.4 Å². The maximum Gasteiger partial charge on any atom is 0.113 e. The van der Waals surface area contributed by atoms with E-state index < -0.39 is 42.7 Å². The molecule has 1 saturated carbocycles. The van der Waals surface area contributed by atoms with Gasteiger partial charge in [-0.15, -0.1) is 0 Å². The van der Waals surface area contributed by atoms with Crippen molar-refractivity contribution in [2.75, 3.05) is 6.61 Å². The minimum Gasteiger partial charge on any atom is -0.394 e. The summed E-state index contributed by atoms with van der Waals surface area (Å²) in [6, 6.07) is 13.8. The van der Waals surface area contributed by atoms with Crippen LogP contribution in [0.1, 0.15) is 53.2 Å². The van der Waals surface area contributed by atoms with E-state index in [0.717, 1.165) is 41.5 Å². The standard InChI is InChI=1S/C24H30O6/c1-14-3-6-16(23-22(28)21(27)20(26)19(13-25)30-23)12-17(14)11-15-4-7-18(8-5-15)24(29)9-2-10-24/h3-8,12,19-23,25-29H,2,9-11,13H2,1H3/t19-,20-,21+,22-,23+/m1/s1. The Morgan fingerprint density at radius 1 is 0.967 bits per heavy atom. The third-order valence-electron chi connectivity index (χ3n) is 6.66. The smallest absolute Gasteiger partial charge is 0.113 e. The Morgan fingerprint density at radius 2 is 1.67 bits per heavy atom. The number of aryl methyl sites for hydroxylation is 1. The topological polar surface area (TPSA) is 110 Å². The Balaban J connectivity index is 1.55. The number of ether oxygens (including phenoxy) is 1. The van der Waals surface area contributed by atoms with Crippen molar-refractivity contribution in [2.45, 2.75) is 68.7 Å². The van der Waals surface area contributed by atoms with E-state index in [-0.39, 0.29) is 0 Å². The number of aliphatic hydroxyl groups is 5. The molecule has 1 saturated heterocycles. The molecule has 5 atom stereocenters. The summed E-state index contributed by atoms with van der Waals surface area (Å²) in [5, 5.41) is 50.4. The maximum atomic E-state index is 10.5. The minimum atomic E-state index is -1.39. The molecular weight excluding hydrogens is 384 g/mol. The second kappa shape index (κ2) is 8.38. The van der Waals surface area contributed by atoms with Gasteiger partial charge in [-0.1, -0.05) is 42.5 Å². The van der Waals surface area contributed by atoms with Crippen molar-refractivity contribution in [3.63, 3.8) is 0 Å². The van der Waals surface area contributed by atoms with Gasteiger partial charge in [-0.25, -0.2) is 0 Å². The Hall–Kier alpha value is -1.80. The van der Waals surface area contributed by atoms with E-state index in [1.54, 1.807) is 0 Å². The molecule has 6 heteroatoms. The van der Waals surface area contributed by atoms with Gasteiger partial charge < -0.3 is 30.3 Å². The summed E-state index contributed by atoms with van der Waals surface area (Å²) in [6.45, 7) is 1.57. The normalized spacial score (nSPS) is 30.7. The van der Waals surface area contributed by atoms with Crippen LogP contribution in [0.4, 0.5) is 0 Å². The fourth-order valence-corrected chi connectivity index (χ4v) is 4.39. The van der Waals surface area contributed by atoms with Crippen molar-refractivity contribution in [1.29, 1.82) is 0 Å². The predicted octanol–water partition coefficient (Wildman–Crippen LogP) is 1.47. The van der Waals surface area contributed by atoms with Crippen LogP contribution in [0.3, 0.4) is 0 Å². The molecule has 1 heterocycles. The van der Waals surface area contributed by atoms with E-state index in [0.29, 0.717) is 12.0 Å². The first-order valence-electron chi connectivity index (χ1n) is 10.5. The fraction of sp³-hybridized carbons (Fsp3) is 0.500. The first-order valence-corrected chi connectivity index (χ1v) is 10.5. The second-order valence-corrected chi connectivity index (χ2v) is 8.69. The molecule has 0 unspecified atom stereocenters. The van der Waals surface area contributed by atoms with E-state index in [9.17, 15) is 25.5 Å².